The van der Waals surface area contributed by atoms with Gasteiger partial charge in [0.2, 0.25) is 0 Å². The maximum Gasteiger partial charge on any atom is 0.393 e. The van der Waals surface area contributed by atoms with Gasteiger partial charge in [-0.2, -0.15) is 13.2 Å². The van der Waals surface area contributed by atoms with Crippen molar-refractivity contribution in [3.63, 3.8) is 0 Å². The molecule has 3 atom stereocenters. The monoisotopic (exact) mass is 686 g/mol. The van der Waals surface area contributed by atoms with Gasteiger partial charge in [0.05, 0.1) is 31.7 Å². The van der Waals surface area contributed by atoms with Crippen LogP contribution in [-0.2, 0) is 32.0 Å². The highest BCUT2D eigenvalue weighted by Gasteiger charge is 2.65. The third kappa shape index (κ3) is 6.74. The van der Waals surface area contributed by atoms with Crippen molar-refractivity contribution in [2.24, 2.45) is 0 Å². The maximum atomic E-state index is 13.2. The molecule has 4 aromatic rings. The van der Waals surface area contributed by atoms with Gasteiger partial charge in [0, 0.05) is 54.1 Å². The Labute approximate surface area is 275 Å². The van der Waals surface area contributed by atoms with Gasteiger partial charge in [-0.05, 0) is 18.6 Å². The highest BCUT2D eigenvalue weighted by molar-refractivity contribution is 7.18. The lowest BCUT2D eigenvalue weighted by atomic mass is 10.1. The fourth-order valence-corrected chi connectivity index (χ4v) is 6.78. The number of hydrogen-bond acceptors (Lipinski definition) is 14. The molecule has 0 spiro atoms. The van der Waals surface area contributed by atoms with E-state index in [4.69, 9.17) is 18.9 Å². The van der Waals surface area contributed by atoms with Crippen LogP contribution in [0.5, 0.6) is 11.6 Å². The Morgan fingerprint density at radius 1 is 1.02 bits per heavy atom. The molecular weight excluding hydrogens is 657 g/mol. The number of nitrogens with zero attached hydrogens (tertiary/aromatic N) is 4. The minimum atomic E-state index is -4.45. The predicted octanol–water partition coefficient (Wildman–Crippen LogP) is 3.98. The summed E-state index contributed by atoms with van der Waals surface area (Å²) >= 11 is 0.845. The van der Waals surface area contributed by atoms with Gasteiger partial charge < -0.3 is 34.7 Å². The van der Waals surface area contributed by atoms with E-state index in [1.165, 1.54) is 20.3 Å². The Hall–Kier alpha value is -4.87. The lowest BCUT2D eigenvalue weighted by Gasteiger charge is -2.41. The minimum absolute atomic E-state index is 0.00324. The summed E-state index contributed by atoms with van der Waals surface area (Å²) in [6.45, 7) is 1.85. The molecule has 3 N–H and O–H groups in total. The van der Waals surface area contributed by atoms with Gasteiger partial charge >= 0.3 is 18.1 Å². The number of anilines is 1. The number of nitrogens with one attached hydrogen (secondary N) is 2. The van der Waals surface area contributed by atoms with Crippen LogP contribution in [0, 0.1) is 6.92 Å². The van der Waals surface area contributed by atoms with Crippen LogP contribution in [-0.4, -0.2) is 75.2 Å². The molecule has 0 saturated heterocycles. The van der Waals surface area contributed by atoms with E-state index in [1.54, 1.807) is 13.0 Å². The second kappa shape index (κ2) is 12.6. The van der Waals surface area contributed by atoms with Gasteiger partial charge in [-0.25, -0.2) is 19.6 Å². The van der Waals surface area contributed by atoms with Crippen LogP contribution in [0.15, 0.2) is 48.6 Å². The molecule has 252 valence electrons. The van der Waals surface area contributed by atoms with Crippen molar-refractivity contribution in [2.45, 2.75) is 56.5 Å². The Bertz CT molecular complexity index is 1900. The summed E-state index contributed by atoms with van der Waals surface area (Å²) in [4.78, 5) is 34.2. The number of methoxy groups -OCH3 is 2. The Balaban J connectivity index is 1.26. The summed E-state index contributed by atoms with van der Waals surface area (Å²) in [5.41, 5.74) is 0.119. The molecule has 1 aromatic carbocycles. The van der Waals surface area contributed by atoms with Crippen molar-refractivity contribution >= 4 is 39.3 Å². The second-order valence-electron chi connectivity index (χ2n) is 11.2. The number of aryl methyl sites for hydroxylation is 1. The average Bonchev–Trinajstić information content (AvgIpc) is 3.53. The third-order valence-electron chi connectivity index (χ3n) is 7.82. The van der Waals surface area contributed by atoms with E-state index >= 15 is 0 Å². The van der Waals surface area contributed by atoms with Crippen LogP contribution >= 0.6 is 11.3 Å². The van der Waals surface area contributed by atoms with Gasteiger partial charge in [0.1, 0.15) is 16.5 Å². The summed E-state index contributed by atoms with van der Waals surface area (Å²) < 4.78 is 61.2. The molecule has 0 radical (unpaired) electrons. The molecule has 0 amide bonds. The molecule has 17 heteroatoms. The summed E-state index contributed by atoms with van der Waals surface area (Å²) in [7, 11) is 2.97. The Kier molecular flexibility index (Phi) is 8.69. The number of aromatic nitrogens is 4. The molecule has 3 aromatic heterocycles. The normalized spacial score (nSPS) is 23.1. The van der Waals surface area contributed by atoms with Crippen LogP contribution in [0.25, 0.3) is 21.5 Å². The Morgan fingerprint density at radius 3 is 2.44 bits per heavy atom. The number of aliphatic hydroxyl groups is 1. The fourth-order valence-electron chi connectivity index (χ4n) is 5.68. The molecule has 1 aliphatic carbocycles. The second-order valence-corrected chi connectivity index (χ2v) is 12.4. The van der Waals surface area contributed by atoms with Gasteiger partial charge in [-0.1, -0.05) is 24.3 Å². The average molecular weight is 687 g/mol. The first-order valence-electron chi connectivity index (χ1n) is 14.6. The summed E-state index contributed by atoms with van der Waals surface area (Å²) in [5, 5.41) is 26.5. The van der Waals surface area contributed by atoms with Gasteiger partial charge in [-0.15, -0.1) is 21.5 Å². The van der Waals surface area contributed by atoms with Crippen LogP contribution < -0.4 is 20.1 Å². The molecule has 6 rings (SSSR count). The van der Waals surface area contributed by atoms with Crippen molar-refractivity contribution in [1.29, 1.82) is 0 Å². The van der Waals surface area contributed by atoms with E-state index in [0.717, 1.165) is 34.6 Å². The lowest BCUT2D eigenvalue weighted by molar-refractivity contribution is -0.268. The van der Waals surface area contributed by atoms with Crippen LogP contribution in [0.4, 0.5) is 19.0 Å². The fraction of sp³-hybridized carbons (Fsp3) is 0.355. The SMILES string of the molecule is COc1cc(-c2ccc(CN[C@H]3C[C@@]4(O)OC(=O)/C=C\C(=O)O[C@@]4(Nc4nc(C)nc5sc(CC(F)(F)F)cc45)C3)cc2)nnc1OC. The number of esters is 2. The van der Waals surface area contributed by atoms with E-state index in [2.05, 4.69) is 30.8 Å². The molecule has 1 fully saturated rings. The summed E-state index contributed by atoms with van der Waals surface area (Å²) in [6, 6.07) is 9.83. The number of fused-ring (bicyclic) bond motifs is 2. The molecular formula is C31H29F3N6O7S. The first-order chi connectivity index (χ1) is 22.8. The molecule has 0 unspecified atom stereocenters. The molecule has 13 nitrogen and oxygen atoms in total. The first kappa shape index (κ1) is 33.0. The lowest BCUT2D eigenvalue weighted by Crippen LogP contribution is -2.60. The van der Waals surface area contributed by atoms with Crippen LogP contribution in [0.2, 0.25) is 0 Å². The molecule has 1 aliphatic heterocycles. The predicted molar refractivity (Wildman–Crippen MR) is 165 cm³/mol. The standard InChI is InChI=1S/C31H29F3N6O7S/c1-16-36-26(21-10-20(14-31(32,33)34)48-28(21)37-16)38-29-12-19(13-30(29,43)47-25(42)9-8-24(41)46-29)35-15-17-4-6-18(7-5-17)22-11-23(44-2)27(45-3)40-39-22/h4-11,19,35,43H,12-15H2,1-3H3,(H,36,37,38)/b9-8-/t19-,29+,30-/m1/s1. The van der Waals surface area contributed by atoms with E-state index in [-0.39, 0.29) is 45.5 Å². The largest absolute Gasteiger partial charge is 0.491 e. The maximum absolute atomic E-state index is 13.2. The number of rotatable bonds is 9. The summed E-state index contributed by atoms with van der Waals surface area (Å²) in [6.07, 6.45) is -4.24. The van der Waals surface area contributed by atoms with E-state index in [9.17, 15) is 27.9 Å². The van der Waals surface area contributed by atoms with Gasteiger partial charge in [-0.3, -0.25) is 0 Å². The van der Waals surface area contributed by atoms with Crippen molar-refractivity contribution in [1.82, 2.24) is 25.5 Å². The number of ether oxygens (including phenoxy) is 4. The summed E-state index contributed by atoms with van der Waals surface area (Å²) in [5.74, 6) is -3.42. The number of carbonyl (C=O) groups excluding carboxylic acids is 2. The number of thiophene rings is 1. The molecule has 0 bridgehead atoms. The highest BCUT2D eigenvalue weighted by atomic mass is 32.1. The Morgan fingerprint density at radius 2 is 1.75 bits per heavy atom. The number of hydrogen-bond donors (Lipinski definition) is 3. The molecule has 4 heterocycles. The smallest absolute Gasteiger partial charge is 0.393 e. The van der Waals surface area contributed by atoms with Crippen molar-refractivity contribution in [3.05, 3.63) is 64.8 Å². The zero-order valence-electron chi connectivity index (χ0n) is 25.8. The molecule has 1 saturated carbocycles. The van der Waals surface area contributed by atoms with E-state index < -0.39 is 42.1 Å². The van der Waals surface area contributed by atoms with Crippen LogP contribution in [0.1, 0.15) is 29.1 Å². The third-order valence-corrected chi connectivity index (χ3v) is 8.85. The van der Waals surface area contributed by atoms with Gasteiger partial charge in [0.25, 0.3) is 17.4 Å². The van der Waals surface area contributed by atoms with Crippen molar-refractivity contribution in [2.75, 3.05) is 19.5 Å². The van der Waals surface area contributed by atoms with Crippen molar-refractivity contribution < 1.29 is 46.8 Å². The minimum Gasteiger partial charge on any atom is -0.491 e. The van der Waals surface area contributed by atoms with E-state index in [1.807, 2.05) is 24.3 Å². The molecule has 48 heavy (non-hydrogen) atoms. The number of alkyl halides is 3. The number of halogens is 3. The number of carbonyl (C=O) groups is 2. The van der Waals surface area contributed by atoms with Crippen LogP contribution in [0.3, 0.4) is 0 Å². The first-order valence-corrected chi connectivity index (χ1v) is 15.4. The zero-order chi connectivity index (χ0) is 34.3. The highest BCUT2D eigenvalue weighted by Crippen LogP contribution is 2.46. The zero-order valence-corrected chi connectivity index (χ0v) is 26.6. The molecule has 2 aliphatic rings. The number of benzene rings is 1. The van der Waals surface area contributed by atoms with E-state index in [0.29, 0.717) is 18.0 Å². The quantitative estimate of drug-likeness (QED) is 0.217. The van der Waals surface area contributed by atoms with Gasteiger partial charge in [0.15, 0.2) is 5.75 Å². The topological polar surface area (TPSA) is 167 Å². The van der Waals surface area contributed by atoms with Crippen molar-refractivity contribution in [3.8, 4) is 22.9 Å².